The van der Waals surface area contributed by atoms with Gasteiger partial charge in [-0.25, -0.2) is 13.1 Å². The van der Waals surface area contributed by atoms with Crippen molar-refractivity contribution in [1.29, 1.82) is 0 Å². The standard InChI is InChI=1S/C17H22NO2S2/c1-18-22(19,20)17-14-13-16(21-17)12-8-3-2-5-9-15-10-6-4-7-11-15/h2,4,6-7,10-11,13-14,18H,3,5,8-9,12H2,1H3. The van der Waals surface area contributed by atoms with Crippen molar-refractivity contribution in [2.75, 3.05) is 7.05 Å². The van der Waals surface area contributed by atoms with Crippen molar-refractivity contribution in [2.24, 2.45) is 0 Å². The number of hydrogen-bond donors (Lipinski definition) is 1. The molecule has 2 rings (SSSR count). The highest BCUT2D eigenvalue weighted by Crippen LogP contribution is 2.23. The van der Waals surface area contributed by atoms with Crippen molar-refractivity contribution in [2.45, 2.75) is 36.3 Å². The largest absolute Gasteiger partial charge is 0.249 e. The van der Waals surface area contributed by atoms with Crippen LogP contribution in [-0.2, 0) is 22.9 Å². The van der Waals surface area contributed by atoms with Gasteiger partial charge in [0, 0.05) is 4.88 Å². The second-order valence-corrected chi connectivity index (χ2v) is 8.42. The first-order valence-corrected chi connectivity index (χ1v) is 9.79. The summed E-state index contributed by atoms with van der Waals surface area (Å²) in [5.74, 6) is 0. The molecule has 0 bridgehead atoms. The zero-order valence-electron chi connectivity index (χ0n) is 12.8. The van der Waals surface area contributed by atoms with Crippen LogP contribution in [0, 0.1) is 6.42 Å². The van der Waals surface area contributed by atoms with Crippen LogP contribution >= 0.6 is 11.3 Å². The average molecular weight is 337 g/mol. The maximum absolute atomic E-state index is 11.7. The van der Waals surface area contributed by atoms with Crippen LogP contribution in [0.4, 0.5) is 0 Å². The predicted molar refractivity (Wildman–Crippen MR) is 92.6 cm³/mol. The van der Waals surface area contributed by atoms with E-state index < -0.39 is 10.0 Å². The summed E-state index contributed by atoms with van der Waals surface area (Å²) in [6, 6.07) is 14.1. The lowest BCUT2D eigenvalue weighted by molar-refractivity contribution is 0.590. The molecule has 0 unspecified atom stereocenters. The average Bonchev–Trinajstić information content (AvgIpc) is 3.01. The minimum Gasteiger partial charge on any atom is -0.214 e. The molecule has 0 aliphatic rings. The van der Waals surface area contributed by atoms with Crippen LogP contribution in [-0.4, -0.2) is 15.5 Å². The molecule has 22 heavy (non-hydrogen) atoms. The van der Waals surface area contributed by atoms with E-state index in [0.717, 1.165) is 37.0 Å². The number of unbranched alkanes of at least 4 members (excludes halogenated alkanes) is 3. The summed E-state index contributed by atoms with van der Waals surface area (Å²) in [5, 5.41) is 0. The summed E-state index contributed by atoms with van der Waals surface area (Å²) in [5.41, 5.74) is 1.37. The van der Waals surface area contributed by atoms with E-state index in [9.17, 15) is 8.42 Å². The Morgan fingerprint density at radius 1 is 1.05 bits per heavy atom. The van der Waals surface area contributed by atoms with Crippen molar-refractivity contribution in [1.82, 2.24) is 4.72 Å². The minimum absolute atomic E-state index is 0.401. The molecule has 1 aromatic heterocycles. The quantitative estimate of drug-likeness (QED) is 0.708. The number of aryl methyl sites for hydroxylation is 2. The Hall–Kier alpha value is -1.17. The summed E-state index contributed by atoms with van der Waals surface area (Å²) in [6.07, 6.45) is 7.57. The van der Waals surface area contributed by atoms with Crippen molar-refractivity contribution >= 4 is 21.4 Å². The molecule has 119 valence electrons. The van der Waals surface area contributed by atoms with E-state index in [-0.39, 0.29) is 0 Å². The van der Waals surface area contributed by atoms with Gasteiger partial charge in [0.05, 0.1) is 0 Å². The summed E-state index contributed by atoms with van der Waals surface area (Å²) in [4.78, 5) is 1.13. The fourth-order valence-electron chi connectivity index (χ4n) is 2.22. The van der Waals surface area contributed by atoms with Crippen molar-refractivity contribution < 1.29 is 8.42 Å². The smallest absolute Gasteiger partial charge is 0.214 e. The minimum atomic E-state index is -3.29. The van der Waals surface area contributed by atoms with Gasteiger partial charge in [-0.3, -0.25) is 0 Å². The van der Waals surface area contributed by atoms with Crippen molar-refractivity contribution in [3.63, 3.8) is 0 Å². The molecule has 5 heteroatoms. The lowest BCUT2D eigenvalue weighted by Gasteiger charge is -2.01. The van der Waals surface area contributed by atoms with E-state index in [4.69, 9.17) is 0 Å². The fourth-order valence-corrected chi connectivity index (χ4v) is 4.45. The monoisotopic (exact) mass is 336 g/mol. The van der Waals surface area contributed by atoms with Gasteiger partial charge in [0.2, 0.25) is 10.0 Å². The topological polar surface area (TPSA) is 46.2 Å². The van der Waals surface area contributed by atoms with Gasteiger partial charge in [0.1, 0.15) is 4.21 Å². The first kappa shape index (κ1) is 17.2. The number of sulfonamides is 1. The maximum atomic E-state index is 11.7. The highest BCUT2D eigenvalue weighted by Gasteiger charge is 2.13. The second kappa shape index (κ2) is 8.46. The first-order valence-electron chi connectivity index (χ1n) is 7.49. The molecule has 1 aromatic carbocycles. The zero-order valence-corrected chi connectivity index (χ0v) is 14.4. The third-order valence-electron chi connectivity index (χ3n) is 3.48. The molecule has 0 saturated carbocycles. The van der Waals surface area contributed by atoms with Crippen LogP contribution in [0.25, 0.3) is 0 Å². The van der Waals surface area contributed by atoms with E-state index in [1.165, 1.54) is 23.9 Å². The number of benzene rings is 1. The van der Waals surface area contributed by atoms with E-state index in [1.807, 2.05) is 12.1 Å². The van der Waals surface area contributed by atoms with Crippen molar-refractivity contribution in [3.05, 3.63) is 59.3 Å². The highest BCUT2D eigenvalue weighted by atomic mass is 32.2. The van der Waals surface area contributed by atoms with Crippen LogP contribution in [0.2, 0.25) is 0 Å². The van der Waals surface area contributed by atoms with Crippen molar-refractivity contribution in [3.8, 4) is 0 Å². The number of hydrogen-bond acceptors (Lipinski definition) is 3. The molecule has 3 nitrogen and oxygen atoms in total. The fraction of sp³-hybridized carbons (Fsp3) is 0.353. The first-order chi connectivity index (χ1) is 10.6. The van der Waals surface area contributed by atoms with Crippen LogP contribution in [0.5, 0.6) is 0 Å². The molecule has 0 amide bonds. The molecule has 0 aliphatic heterocycles. The third-order valence-corrected chi connectivity index (χ3v) is 6.53. The maximum Gasteiger partial charge on any atom is 0.249 e. The molecular weight excluding hydrogens is 314 g/mol. The molecule has 0 atom stereocenters. The predicted octanol–water partition coefficient (Wildman–Crippen LogP) is 3.82. The van der Waals surface area contributed by atoms with E-state index in [1.54, 1.807) is 6.07 Å². The Balaban J connectivity index is 1.65. The molecule has 0 aliphatic carbocycles. The van der Waals surface area contributed by atoms with Crippen LogP contribution in [0.3, 0.4) is 0 Å². The summed E-state index contributed by atoms with van der Waals surface area (Å²) < 4.78 is 26.1. The number of thiophene rings is 1. The van der Waals surface area contributed by atoms with E-state index >= 15 is 0 Å². The SMILES string of the molecule is CNS(=O)(=O)c1ccc(CCC[CH]CCc2ccccc2)s1. The molecule has 1 heterocycles. The summed E-state index contributed by atoms with van der Waals surface area (Å²) in [7, 11) is -1.85. The van der Waals surface area contributed by atoms with Gasteiger partial charge in [0.15, 0.2) is 0 Å². The Morgan fingerprint density at radius 2 is 1.82 bits per heavy atom. The Kier molecular flexibility index (Phi) is 6.61. The molecular formula is C17H22NO2S2. The van der Waals surface area contributed by atoms with Gasteiger partial charge in [-0.15, -0.1) is 11.3 Å². The molecule has 2 aromatic rings. The normalized spacial score (nSPS) is 11.7. The third kappa shape index (κ3) is 5.23. The molecule has 1 radical (unpaired) electrons. The van der Waals surface area contributed by atoms with Crippen LogP contribution < -0.4 is 4.72 Å². The Bertz CT molecular complexity index is 663. The van der Waals surface area contributed by atoms with Gasteiger partial charge >= 0.3 is 0 Å². The summed E-state index contributed by atoms with van der Waals surface area (Å²) in [6.45, 7) is 0. The van der Waals surface area contributed by atoms with Gasteiger partial charge < -0.3 is 0 Å². The highest BCUT2D eigenvalue weighted by molar-refractivity contribution is 7.91. The number of rotatable bonds is 9. The van der Waals surface area contributed by atoms with Gasteiger partial charge in [-0.05, 0) is 63.3 Å². The van der Waals surface area contributed by atoms with Gasteiger partial charge in [0.25, 0.3) is 0 Å². The van der Waals surface area contributed by atoms with Gasteiger partial charge in [-0.2, -0.15) is 0 Å². The lowest BCUT2D eigenvalue weighted by atomic mass is 10.1. The Morgan fingerprint density at radius 3 is 2.55 bits per heavy atom. The molecule has 0 saturated heterocycles. The zero-order chi connectivity index (χ0) is 15.8. The molecule has 0 fully saturated rings. The van der Waals surface area contributed by atoms with Gasteiger partial charge in [-0.1, -0.05) is 30.3 Å². The second-order valence-electron chi connectivity index (χ2n) is 5.13. The van der Waals surface area contributed by atoms with Crippen LogP contribution in [0.1, 0.15) is 29.7 Å². The molecule has 0 spiro atoms. The molecule has 1 N–H and O–H groups in total. The Labute approximate surface area is 137 Å². The van der Waals surface area contributed by atoms with E-state index in [2.05, 4.69) is 35.4 Å². The number of nitrogens with one attached hydrogen (secondary N) is 1. The lowest BCUT2D eigenvalue weighted by Crippen LogP contribution is -2.17. The summed E-state index contributed by atoms with van der Waals surface area (Å²) >= 11 is 1.36. The van der Waals surface area contributed by atoms with Crippen LogP contribution in [0.15, 0.2) is 46.7 Å². The van der Waals surface area contributed by atoms with E-state index in [0.29, 0.717) is 4.21 Å².